The summed E-state index contributed by atoms with van der Waals surface area (Å²) >= 11 is 0. The van der Waals surface area contributed by atoms with Crippen molar-refractivity contribution < 1.29 is 34.1 Å². The summed E-state index contributed by atoms with van der Waals surface area (Å²) < 4.78 is 11.4. The molecule has 0 aliphatic heterocycles. The molecule has 7 nitrogen and oxygen atoms in total. The van der Waals surface area contributed by atoms with Crippen LogP contribution >= 0.6 is 0 Å². The number of esters is 2. The van der Waals surface area contributed by atoms with Gasteiger partial charge in [0.25, 0.3) is 5.79 Å². The lowest BCUT2D eigenvalue weighted by Crippen LogP contribution is -2.72. The molecular weight excluding hydrogens is 520 g/mol. The summed E-state index contributed by atoms with van der Waals surface area (Å²) in [5.74, 6) is -2.58. The maximum Gasteiger partial charge on any atom is 0.310 e. The Morgan fingerprint density at radius 3 is 2.15 bits per heavy atom. The van der Waals surface area contributed by atoms with Gasteiger partial charge < -0.3 is 19.7 Å². The van der Waals surface area contributed by atoms with Gasteiger partial charge in [0.1, 0.15) is 0 Å². The number of carboxylic acid groups (broad SMARTS) is 1. The van der Waals surface area contributed by atoms with E-state index in [2.05, 4.69) is 40.7 Å². The molecule has 41 heavy (non-hydrogen) atoms. The van der Waals surface area contributed by atoms with Crippen LogP contribution in [0.2, 0.25) is 0 Å². The monoisotopic (exact) mass is 572 g/mol. The molecule has 4 saturated carbocycles. The topological polar surface area (TPSA) is 110 Å². The second kappa shape index (κ2) is 9.30. The maximum absolute atomic E-state index is 12.9. The highest BCUT2D eigenvalue weighted by Crippen LogP contribution is 2.76. The minimum atomic E-state index is -1.93. The lowest BCUT2D eigenvalue weighted by atomic mass is 9.33. The lowest BCUT2D eigenvalue weighted by Gasteiger charge is -2.72. The molecule has 5 rings (SSSR count). The number of carboxylic acids is 1. The van der Waals surface area contributed by atoms with Gasteiger partial charge in [-0.05, 0) is 97.2 Å². The molecule has 7 heteroatoms. The molecule has 0 spiro atoms. The Kier molecular flexibility index (Phi) is 6.94. The Hall–Kier alpha value is -1.89. The second-order valence-corrected chi connectivity index (χ2v) is 15.9. The zero-order chi connectivity index (χ0) is 30.6. The summed E-state index contributed by atoms with van der Waals surface area (Å²) in [5, 5.41) is 22.6. The van der Waals surface area contributed by atoms with E-state index in [1.54, 1.807) is 0 Å². The van der Waals surface area contributed by atoms with Crippen molar-refractivity contribution in [2.75, 3.05) is 0 Å². The van der Waals surface area contributed by atoms with Gasteiger partial charge in [-0.25, -0.2) is 0 Å². The standard InChI is InChI=1S/C34H52O7/c1-19-12-15-33(28(37)38)17-16-31(8)23(27(33)20(19)2)10-11-25-30(7)18-26(40-21(3)35)34(39,41-22(4)36)29(5,6)24(30)13-14-32(25,31)9/h10,19-20,24-27,39H,11-18H2,1-9H3,(H,37,38)/t19-,20+,24?,25-,26?,27+,30+,31-,32-,33+,34-/m1/s1. The quantitative estimate of drug-likeness (QED) is 0.225. The molecule has 0 aromatic carbocycles. The number of aliphatic carboxylic acids is 1. The summed E-state index contributed by atoms with van der Waals surface area (Å²) in [5.41, 5.74) is -0.731. The van der Waals surface area contributed by atoms with E-state index in [0.29, 0.717) is 24.7 Å². The van der Waals surface area contributed by atoms with Crippen LogP contribution in [0.1, 0.15) is 114 Å². The maximum atomic E-state index is 12.9. The smallest absolute Gasteiger partial charge is 0.310 e. The molecule has 5 aliphatic carbocycles. The Labute approximate surface area is 245 Å². The van der Waals surface area contributed by atoms with E-state index in [1.807, 2.05) is 13.8 Å². The fourth-order valence-electron chi connectivity index (χ4n) is 11.6. The number of aliphatic hydroxyl groups is 1. The number of allylic oxidation sites excluding steroid dienone is 2. The number of carbonyl (C=O) groups excluding carboxylic acids is 2. The van der Waals surface area contributed by atoms with Crippen molar-refractivity contribution in [1.29, 1.82) is 0 Å². The largest absolute Gasteiger partial charge is 0.481 e. The molecule has 0 radical (unpaired) electrons. The first-order valence-corrected chi connectivity index (χ1v) is 15.8. The number of hydrogen-bond donors (Lipinski definition) is 2. The molecule has 0 aromatic rings. The molecule has 2 N–H and O–H groups in total. The predicted molar refractivity (Wildman–Crippen MR) is 154 cm³/mol. The average Bonchev–Trinajstić information content (AvgIpc) is 2.84. The van der Waals surface area contributed by atoms with Crippen molar-refractivity contribution in [3.8, 4) is 0 Å². The Balaban J connectivity index is 1.62. The molecule has 0 aromatic heterocycles. The summed E-state index contributed by atoms with van der Waals surface area (Å²) in [7, 11) is 0. The highest BCUT2D eigenvalue weighted by Gasteiger charge is 2.74. The van der Waals surface area contributed by atoms with E-state index in [0.717, 1.165) is 38.5 Å². The van der Waals surface area contributed by atoms with Crippen LogP contribution in [0, 0.1) is 56.7 Å². The van der Waals surface area contributed by atoms with Gasteiger partial charge in [0, 0.05) is 19.3 Å². The number of fused-ring (bicyclic) bond motifs is 7. The first-order chi connectivity index (χ1) is 18.8. The van der Waals surface area contributed by atoms with E-state index >= 15 is 0 Å². The minimum Gasteiger partial charge on any atom is -0.481 e. The predicted octanol–water partition coefficient (Wildman–Crippen LogP) is 6.52. The molecule has 2 unspecified atom stereocenters. The van der Waals surface area contributed by atoms with Crippen LogP contribution in [-0.4, -0.2) is 40.0 Å². The molecule has 0 heterocycles. The van der Waals surface area contributed by atoms with Gasteiger partial charge in [0.05, 0.1) is 5.41 Å². The SMILES string of the molecule is CC(=O)OC1C[C@@]2(C)C(CC[C@]3(C)[C@@H]2CC=C2[C@@H]4[C@@H](C)[C@H](C)CC[C@]4(C(=O)O)CC[C@]23C)C(C)(C)[C@]1(O)OC(C)=O. The minimum absolute atomic E-state index is 0.0260. The van der Waals surface area contributed by atoms with Crippen molar-refractivity contribution in [3.63, 3.8) is 0 Å². The van der Waals surface area contributed by atoms with E-state index in [1.165, 1.54) is 19.4 Å². The molecule has 4 fully saturated rings. The van der Waals surface area contributed by atoms with Gasteiger partial charge >= 0.3 is 17.9 Å². The van der Waals surface area contributed by atoms with E-state index in [9.17, 15) is 24.6 Å². The molecule has 11 atom stereocenters. The lowest BCUT2D eigenvalue weighted by molar-refractivity contribution is -0.354. The fraction of sp³-hybridized carbons (Fsp3) is 0.853. The Morgan fingerprint density at radius 2 is 1.56 bits per heavy atom. The first-order valence-electron chi connectivity index (χ1n) is 15.8. The number of carbonyl (C=O) groups is 3. The molecule has 0 amide bonds. The van der Waals surface area contributed by atoms with Crippen molar-refractivity contribution in [2.45, 2.75) is 126 Å². The van der Waals surface area contributed by atoms with Crippen LogP contribution in [-0.2, 0) is 23.9 Å². The fourth-order valence-corrected chi connectivity index (χ4v) is 11.6. The molecule has 5 aliphatic rings. The highest BCUT2D eigenvalue weighted by atomic mass is 16.7. The third kappa shape index (κ3) is 3.82. The van der Waals surface area contributed by atoms with Crippen LogP contribution in [0.25, 0.3) is 0 Å². The van der Waals surface area contributed by atoms with Crippen LogP contribution < -0.4 is 0 Å². The van der Waals surface area contributed by atoms with Crippen molar-refractivity contribution in [3.05, 3.63) is 11.6 Å². The van der Waals surface area contributed by atoms with Crippen molar-refractivity contribution >= 4 is 17.9 Å². The number of rotatable bonds is 3. The third-order valence-corrected chi connectivity index (χ3v) is 14.1. The zero-order valence-electron chi connectivity index (χ0n) is 26.6. The number of hydrogen-bond acceptors (Lipinski definition) is 6. The van der Waals surface area contributed by atoms with Crippen LogP contribution in [0.3, 0.4) is 0 Å². The van der Waals surface area contributed by atoms with Crippen molar-refractivity contribution in [1.82, 2.24) is 0 Å². The number of ether oxygens (including phenoxy) is 2. The van der Waals surface area contributed by atoms with E-state index in [4.69, 9.17) is 9.47 Å². The molecule has 0 saturated heterocycles. The summed E-state index contributed by atoms with van der Waals surface area (Å²) in [6.45, 7) is 18.2. The molecular formula is C34H52O7. The normalized spacial score (nSPS) is 50.1. The van der Waals surface area contributed by atoms with Gasteiger partial charge in [-0.1, -0.05) is 60.1 Å². The van der Waals surface area contributed by atoms with Crippen LogP contribution in [0.4, 0.5) is 0 Å². The average molecular weight is 573 g/mol. The third-order valence-electron chi connectivity index (χ3n) is 14.1. The second-order valence-electron chi connectivity index (χ2n) is 15.9. The summed E-state index contributed by atoms with van der Waals surface area (Å²) in [6.07, 6.45) is 7.72. The van der Waals surface area contributed by atoms with Crippen molar-refractivity contribution in [2.24, 2.45) is 56.7 Å². The van der Waals surface area contributed by atoms with E-state index in [-0.39, 0.29) is 34.0 Å². The van der Waals surface area contributed by atoms with Gasteiger partial charge in [-0.3, -0.25) is 14.4 Å². The van der Waals surface area contributed by atoms with Gasteiger partial charge in [0.2, 0.25) is 0 Å². The summed E-state index contributed by atoms with van der Waals surface area (Å²) in [6, 6.07) is 0. The summed E-state index contributed by atoms with van der Waals surface area (Å²) in [4.78, 5) is 37.5. The Morgan fingerprint density at radius 1 is 0.902 bits per heavy atom. The van der Waals surface area contributed by atoms with Crippen LogP contribution in [0.15, 0.2) is 11.6 Å². The Bertz CT molecular complexity index is 1170. The first kappa shape index (κ1) is 30.6. The van der Waals surface area contributed by atoms with E-state index < -0.39 is 40.6 Å². The van der Waals surface area contributed by atoms with Gasteiger partial charge in [-0.15, -0.1) is 0 Å². The van der Waals surface area contributed by atoms with Gasteiger partial charge in [-0.2, -0.15) is 0 Å². The van der Waals surface area contributed by atoms with Crippen LogP contribution in [0.5, 0.6) is 0 Å². The van der Waals surface area contributed by atoms with Gasteiger partial charge in [0.15, 0.2) is 6.10 Å². The zero-order valence-corrected chi connectivity index (χ0v) is 26.6. The highest BCUT2D eigenvalue weighted by molar-refractivity contribution is 5.76. The molecule has 0 bridgehead atoms. The molecule has 230 valence electrons.